The lowest BCUT2D eigenvalue weighted by Gasteiger charge is -2.12. The van der Waals surface area contributed by atoms with Crippen molar-refractivity contribution in [3.05, 3.63) is 96.6 Å². The number of hydrogen-bond donors (Lipinski definition) is 0. The maximum absolute atomic E-state index is 3.83. The van der Waals surface area contributed by atoms with Gasteiger partial charge in [-0.2, -0.15) is 0 Å². The smallest absolute Gasteiger partial charge is 0.0109 e. The van der Waals surface area contributed by atoms with Crippen LogP contribution in [0.15, 0.2) is 85.5 Å². The van der Waals surface area contributed by atoms with Gasteiger partial charge >= 0.3 is 0 Å². The zero-order chi connectivity index (χ0) is 19.5. The summed E-state index contributed by atoms with van der Waals surface area (Å²) in [5.74, 6) is 0. The Kier molecular flexibility index (Phi) is 17.9. The van der Waals surface area contributed by atoms with E-state index >= 15 is 0 Å². The van der Waals surface area contributed by atoms with Gasteiger partial charge in [-0.3, -0.25) is 0 Å². The molecule has 2 aromatic carbocycles. The van der Waals surface area contributed by atoms with Crippen molar-refractivity contribution in [2.45, 2.75) is 48.5 Å². The van der Waals surface area contributed by atoms with Gasteiger partial charge in [0.1, 0.15) is 0 Å². The summed E-state index contributed by atoms with van der Waals surface area (Å²) < 4.78 is 0. The monoisotopic (exact) mass is 336 g/mol. The second-order valence-electron chi connectivity index (χ2n) is 4.25. The highest BCUT2D eigenvalue weighted by Gasteiger charge is 2.08. The maximum atomic E-state index is 3.83. The molecular weight excluding hydrogens is 300 g/mol. The van der Waals surface area contributed by atoms with E-state index in [1.54, 1.807) is 0 Å². The molecule has 0 aromatic heterocycles. The molecule has 0 aliphatic rings. The van der Waals surface area contributed by atoms with Crippen molar-refractivity contribution in [2.24, 2.45) is 0 Å². The topological polar surface area (TPSA) is 0 Å². The molecule has 0 radical (unpaired) electrons. The highest BCUT2D eigenvalue weighted by Crippen LogP contribution is 2.31. The van der Waals surface area contributed by atoms with Gasteiger partial charge in [-0.25, -0.2) is 0 Å². The Labute approximate surface area is 156 Å². The third kappa shape index (κ3) is 8.91. The summed E-state index contributed by atoms with van der Waals surface area (Å²) in [5.41, 5.74) is 4.86. The van der Waals surface area contributed by atoms with E-state index in [-0.39, 0.29) is 0 Å². The summed E-state index contributed by atoms with van der Waals surface area (Å²) in [5, 5.41) is 0. The fraction of sp³-hybridized carbons (Fsp3) is 0.280. The molecule has 0 heteroatoms. The highest BCUT2D eigenvalue weighted by molar-refractivity contribution is 6.05. The molecule has 0 amide bonds. The molecule has 2 rings (SSSR count). The van der Waals surface area contributed by atoms with Crippen LogP contribution in [0.25, 0.3) is 11.1 Å². The minimum atomic E-state index is 1.20. The summed E-state index contributed by atoms with van der Waals surface area (Å²) in [6.45, 7) is 17.9. The summed E-state index contributed by atoms with van der Waals surface area (Å²) in [4.78, 5) is 0. The van der Waals surface area contributed by atoms with E-state index in [0.29, 0.717) is 0 Å². The van der Waals surface area contributed by atoms with Gasteiger partial charge in [0.25, 0.3) is 0 Å². The first-order chi connectivity index (χ1) is 12.4. The van der Waals surface area contributed by atoms with Gasteiger partial charge < -0.3 is 0 Å². The second kappa shape index (κ2) is 18.0. The summed E-state index contributed by atoms with van der Waals surface area (Å²) in [6.07, 6.45) is 6.06. The summed E-state index contributed by atoms with van der Waals surface area (Å²) in [7, 11) is 0. The molecule has 0 unspecified atom stereocenters. The third-order valence-electron chi connectivity index (χ3n) is 3.03. The minimum absolute atomic E-state index is 1.20. The normalized spacial score (nSPS) is 10.0. The van der Waals surface area contributed by atoms with E-state index in [2.05, 4.69) is 74.2 Å². The van der Waals surface area contributed by atoms with Crippen molar-refractivity contribution in [1.82, 2.24) is 0 Å². The Hall–Kier alpha value is -2.34. The Balaban J connectivity index is 0. The quantitative estimate of drug-likeness (QED) is 0.491. The first kappa shape index (κ1) is 24.9. The summed E-state index contributed by atoms with van der Waals surface area (Å²) in [6, 6.07) is 20.8. The predicted molar refractivity (Wildman–Crippen MR) is 119 cm³/mol. The van der Waals surface area contributed by atoms with E-state index in [1.165, 1.54) is 22.3 Å². The number of rotatable bonds is 4. The molecule has 0 nitrogen and oxygen atoms in total. The standard InChI is InChI=1S/C19H18.3C2H6/c1-3-11-19(17-14-9-6-10-15-17)18(4-2)16-12-7-5-8-13-16;3*1-2/h3-15H,1H2,2H3;3*1-2H3/b18-4-,19-11-;;;. The van der Waals surface area contributed by atoms with Crippen LogP contribution >= 0.6 is 0 Å². The summed E-state index contributed by atoms with van der Waals surface area (Å²) >= 11 is 0. The molecule has 0 aliphatic heterocycles. The molecule has 0 N–H and O–H groups in total. The average Bonchev–Trinajstić information content (AvgIpc) is 2.74. The van der Waals surface area contributed by atoms with Crippen LogP contribution in [0.2, 0.25) is 0 Å². The van der Waals surface area contributed by atoms with Gasteiger partial charge in [-0.05, 0) is 29.2 Å². The lowest BCUT2D eigenvalue weighted by molar-refractivity contribution is 1.50. The average molecular weight is 337 g/mol. The molecule has 0 heterocycles. The molecule has 0 saturated heterocycles. The van der Waals surface area contributed by atoms with Crippen LogP contribution < -0.4 is 0 Å². The SMILES string of the molecule is C=C/C=C(\C(=C/C)c1ccccc1)c1ccccc1.CC.CC.CC. The third-order valence-corrected chi connectivity index (χ3v) is 3.03. The molecule has 0 fully saturated rings. The van der Waals surface area contributed by atoms with Crippen LogP contribution in [-0.2, 0) is 0 Å². The Bertz CT molecular complexity index is 586. The molecular formula is C25H36. The van der Waals surface area contributed by atoms with Crippen molar-refractivity contribution in [1.29, 1.82) is 0 Å². The van der Waals surface area contributed by atoms with Crippen molar-refractivity contribution in [3.8, 4) is 0 Å². The molecule has 0 aliphatic carbocycles. The van der Waals surface area contributed by atoms with Crippen LogP contribution in [0.1, 0.15) is 59.6 Å². The minimum Gasteiger partial charge on any atom is -0.0990 e. The fourth-order valence-electron chi connectivity index (χ4n) is 2.17. The first-order valence-electron chi connectivity index (χ1n) is 9.47. The van der Waals surface area contributed by atoms with Crippen LogP contribution in [0, 0.1) is 0 Å². The lowest BCUT2D eigenvalue weighted by Crippen LogP contribution is -1.90. The number of benzene rings is 2. The molecule has 0 saturated carbocycles. The molecule has 0 bridgehead atoms. The van der Waals surface area contributed by atoms with Gasteiger partial charge in [0.05, 0.1) is 0 Å². The van der Waals surface area contributed by atoms with E-state index in [0.717, 1.165) is 0 Å². The van der Waals surface area contributed by atoms with E-state index in [1.807, 2.05) is 59.8 Å². The fourth-order valence-corrected chi connectivity index (χ4v) is 2.17. The zero-order valence-corrected chi connectivity index (χ0v) is 17.2. The van der Waals surface area contributed by atoms with E-state index in [4.69, 9.17) is 0 Å². The van der Waals surface area contributed by atoms with Gasteiger partial charge in [-0.1, -0.05) is 127 Å². The molecule has 0 atom stereocenters. The van der Waals surface area contributed by atoms with Crippen molar-refractivity contribution >= 4 is 11.1 Å². The van der Waals surface area contributed by atoms with Gasteiger partial charge in [0.15, 0.2) is 0 Å². The zero-order valence-electron chi connectivity index (χ0n) is 17.2. The highest BCUT2D eigenvalue weighted by atomic mass is 14.1. The Morgan fingerprint density at radius 3 is 1.32 bits per heavy atom. The van der Waals surface area contributed by atoms with E-state index < -0.39 is 0 Å². The largest absolute Gasteiger partial charge is 0.0990 e. The maximum Gasteiger partial charge on any atom is -0.0109 e. The van der Waals surface area contributed by atoms with Crippen LogP contribution in [0.3, 0.4) is 0 Å². The molecule has 136 valence electrons. The first-order valence-corrected chi connectivity index (χ1v) is 9.47. The van der Waals surface area contributed by atoms with Gasteiger partial charge in [-0.15, -0.1) is 0 Å². The number of hydrogen-bond acceptors (Lipinski definition) is 0. The lowest BCUT2D eigenvalue weighted by atomic mass is 9.92. The van der Waals surface area contributed by atoms with Gasteiger partial charge in [0, 0.05) is 0 Å². The second-order valence-corrected chi connectivity index (χ2v) is 4.25. The van der Waals surface area contributed by atoms with Crippen molar-refractivity contribution in [3.63, 3.8) is 0 Å². The van der Waals surface area contributed by atoms with E-state index in [9.17, 15) is 0 Å². The van der Waals surface area contributed by atoms with Crippen LogP contribution in [0.4, 0.5) is 0 Å². The molecule has 2 aromatic rings. The van der Waals surface area contributed by atoms with Crippen LogP contribution in [-0.4, -0.2) is 0 Å². The Morgan fingerprint density at radius 2 is 1.00 bits per heavy atom. The molecule has 25 heavy (non-hydrogen) atoms. The molecule has 0 spiro atoms. The van der Waals surface area contributed by atoms with Crippen molar-refractivity contribution in [2.75, 3.05) is 0 Å². The predicted octanol–water partition coefficient (Wildman–Crippen LogP) is 8.44. The van der Waals surface area contributed by atoms with Gasteiger partial charge in [0.2, 0.25) is 0 Å². The van der Waals surface area contributed by atoms with Crippen LogP contribution in [0.5, 0.6) is 0 Å². The van der Waals surface area contributed by atoms with Crippen molar-refractivity contribution < 1.29 is 0 Å². The Morgan fingerprint density at radius 1 is 0.640 bits per heavy atom. The number of allylic oxidation sites excluding steroid dienone is 5.